The van der Waals surface area contributed by atoms with Gasteiger partial charge >= 0.3 is 0 Å². The van der Waals surface area contributed by atoms with Crippen molar-refractivity contribution in [2.24, 2.45) is 0 Å². The lowest BCUT2D eigenvalue weighted by Gasteiger charge is -2.24. The van der Waals surface area contributed by atoms with E-state index in [1.165, 1.54) is 0 Å². The number of H-pyrrole nitrogens is 1. The zero-order valence-electron chi connectivity index (χ0n) is 14.9. The second-order valence-electron chi connectivity index (χ2n) is 6.56. The highest BCUT2D eigenvalue weighted by molar-refractivity contribution is 5.94. The Morgan fingerprint density at radius 1 is 1.07 bits per heavy atom. The molecular weight excluding hydrogens is 342 g/mol. The maximum Gasteiger partial charge on any atom is 0.256 e. The number of rotatable bonds is 4. The number of amides is 1. The first-order chi connectivity index (χ1) is 13.1. The monoisotopic (exact) mass is 361 g/mol. The first-order valence-corrected chi connectivity index (χ1v) is 8.77. The molecule has 1 aliphatic rings. The summed E-state index contributed by atoms with van der Waals surface area (Å²) in [5.41, 5.74) is 2.26. The maximum absolute atomic E-state index is 12.4. The molecular formula is C21H19N3O3. The SMILES string of the molecule is Cc1nc2c(c(=O)[nH]1)[C@H](c1ccc(OCc3ccccc3)cc1)CC(=O)N2. The summed E-state index contributed by atoms with van der Waals surface area (Å²) in [6, 6.07) is 17.4. The van der Waals surface area contributed by atoms with Gasteiger partial charge in [-0.2, -0.15) is 0 Å². The average Bonchev–Trinajstić information content (AvgIpc) is 2.66. The fraction of sp³-hybridized carbons (Fsp3) is 0.190. The van der Waals surface area contributed by atoms with E-state index in [2.05, 4.69) is 15.3 Å². The smallest absolute Gasteiger partial charge is 0.256 e. The third-order valence-electron chi connectivity index (χ3n) is 4.60. The number of nitrogens with one attached hydrogen (secondary N) is 2. The van der Waals surface area contributed by atoms with Crippen LogP contribution >= 0.6 is 0 Å². The van der Waals surface area contributed by atoms with Crippen LogP contribution in [0.1, 0.15) is 34.9 Å². The molecule has 0 bridgehead atoms. The van der Waals surface area contributed by atoms with Crippen molar-refractivity contribution < 1.29 is 9.53 Å². The van der Waals surface area contributed by atoms with Crippen molar-refractivity contribution in [1.29, 1.82) is 0 Å². The highest BCUT2D eigenvalue weighted by atomic mass is 16.5. The van der Waals surface area contributed by atoms with E-state index in [4.69, 9.17) is 4.74 Å². The predicted molar refractivity (Wildman–Crippen MR) is 102 cm³/mol. The molecule has 0 aliphatic carbocycles. The molecule has 2 aromatic carbocycles. The van der Waals surface area contributed by atoms with Gasteiger partial charge in [-0.1, -0.05) is 42.5 Å². The molecule has 2 heterocycles. The van der Waals surface area contributed by atoms with E-state index < -0.39 is 0 Å². The van der Waals surface area contributed by atoms with Crippen molar-refractivity contribution in [3.8, 4) is 5.75 Å². The fourth-order valence-corrected chi connectivity index (χ4v) is 3.31. The number of aromatic nitrogens is 2. The van der Waals surface area contributed by atoms with Crippen molar-refractivity contribution in [2.75, 3.05) is 5.32 Å². The molecule has 6 heteroatoms. The Labute approximate surface area is 156 Å². The van der Waals surface area contributed by atoms with E-state index in [1.54, 1.807) is 6.92 Å². The van der Waals surface area contributed by atoms with Crippen molar-refractivity contribution in [2.45, 2.75) is 25.9 Å². The Bertz CT molecular complexity index is 1030. The molecule has 1 atom stereocenters. The van der Waals surface area contributed by atoms with Crippen molar-refractivity contribution in [3.63, 3.8) is 0 Å². The van der Waals surface area contributed by atoms with Gasteiger partial charge in [-0.3, -0.25) is 9.59 Å². The first kappa shape index (κ1) is 17.0. The van der Waals surface area contributed by atoms with Crippen LogP contribution in [0.15, 0.2) is 59.4 Å². The highest BCUT2D eigenvalue weighted by Gasteiger charge is 2.30. The number of nitrogens with zero attached hydrogens (tertiary/aromatic N) is 1. The van der Waals surface area contributed by atoms with Crippen LogP contribution < -0.4 is 15.6 Å². The lowest BCUT2D eigenvalue weighted by molar-refractivity contribution is -0.116. The molecule has 1 amide bonds. The zero-order valence-corrected chi connectivity index (χ0v) is 14.9. The van der Waals surface area contributed by atoms with Gasteiger partial charge in [0, 0.05) is 12.3 Å². The van der Waals surface area contributed by atoms with Gasteiger partial charge in [0.05, 0.1) is 5.56 Å². The number of aryl methyl sites for hydroxylation is 1. The molecule has 0 saturated heterocycles. The Hall–Kier alpha value is -3.41. The molecule has 0 spiro atoms. The Balaban J connectivity index is 1.58. The molecule has 0 saturated carbocycles. The Morgan fingerprint density at radius 3 is 2.56 bits per heavy atom. The van der Waals surface area contributed by atoms with Crippen molar-refractivity contribution in [3.05, 3.63) is 87.5 Å². The van der Waals surface area contributed by atoms with E-state index in [0.29, 0.717) is 23.8 Å². The lowest BCUT2D eigenvalue weighted by Crippen LogP contribution is -2.31. The average molecular weight is 361 g/mol. The molecule has 136 valence electrons. The van der Waals surface area contributed by atoms with Crippen LogP contribution in [-0.2, 0) is 11.4 Å². The standard InChI is InChI=1S/C21H19N3O3/c1-13-22-20-19(21(26)23-13)17(11-18(25)24-20)15-7-9-16(10-8-15)27-12-14-5-3-2-4-6-14/h2-10,17H,11-12H2,1H3,(H2,22,23,24,25,26)/t17-/m0/s1. The van der Waals surface area contributed by atoms with Crippen molar-refractivity contribution in [1.82, 2.24) is 9.97 Å². The summed E-state index contributed by atoms with van der Waals surface area (Å²) in [5.74, 6) is 1.09. The molecule has 0 radical (unpaired) electrons. The van der Waals surface area contributed by atoms with Crippen LogP contribution in [0.5, 0.6) is 5.75 Å². The van der Waals surface area contributed by atoms with Gasteiger partial charge in [-0.25, -0.2) is 4.98 Å². The predicted octanol–water partition coefficient (Wildman–Crippen LogP) is 3.13. The first-order valence-electron chi connectivity index (χ1n) is 8.77. The number of carbonyl (C=O) groups excluding carboxylic acids is 1. The molecule has 0 fully saturated rings. The largest absolute Gasteiger partial charge is 0.489 e. The number of benzene rings is 2. The quantitative estimate of drug-likeness (QED) is 0.748. The third kappa shape index (κ3) is 3.60. The molecule has 1 aliphatic heterocycles. The van der Waals surface area contributed by atoms with E-state index >= 15 is 0 Å². The van der Waals surface area contributed by atoms with E-state index in [0.717, 1.165) is 16.9 Å². The van der Waals surface area contributed by atoms with Gasteiger partial charge in [0.1, 0.15) is 24.0 Å². The fourth-order valence-electron chi connectivity index (χ4n) is 3.31. The highest BCUT2D eigenvalue weighted by Crippen LogP contribution is 2.34. The molecule has 3 aromatic rings. The van der Waals surface area contributed by atoms with Crippen LogP contribution in [0.3, 0.4) is 0 Å². The van der Waals surface area contributed by atoms with E-state index in [-0.39, 0.29) is 23.8 Å². The summed E-state index contributed by atoms with van der Waals surface area (Å²) >= 11 is 0. The van der Waals surface area contributed by atoms with E-state index in [9.17, 15) is 9.59 Å². The van der Waals surface area contributed by atoms with Crippen LogP contribution in [0, 0.1) is 6.92 Å². The minimum Gasteiger partial charge on any atom is -0.489 e. The summed E-state index contributed by atoms with van der Waals surface area (Å²) in [6.07, 6.45) is 0.213. The van der Waals surface area contributed by atoms with Gasteiger partial charge in [0.2, 0.25) is 5.91 Å². The zero-order chi connectivity index (χ0) is 18.8. The van der Waals surface area contributed by atoms with Gasteiger partial charge in [-0.05, 0) is 30.2 Å². The summed E-state index contributed by atoms with van der Waals surface area (Å²) in [7, 11) is 0. The van der Waals surface area contributed by atoms with Gasteiger partial charge < -0.3 is 15.0 Å². The van der Waals surface area contributed by atoms with Crippen molar-refractivity contribution >= 4 is 11.7 Å². The number of fused-ring (bicyclic) bond motifs is 1. The van der Waals surface area contributed by atoms with Gasteiger partial charge in [0.25, 0.3) is 5.56 Å². The molecule has 1 aromatic heterocycles. The number of ether oxygens (including phenoxy) is 1. The lowest BCUT2D eigenvalue weighted by atomic mass is 9.87. The minimum atomic E-state index is -0.325. The molecule has 6 nitrogen and oxygen atoms in total. The number of hydrogen-bond donors (Lipinski definition) is 2. The normalized spacial score (nSPS) is 15.7. The molecule has 0 unspecified atom stereocenters. The number of anilines is 1. The van der Waals surface area contributed by atoms with Crippen LogP contribution in [0.25, 0.3) is 0 Å². The van der Waals surface area contributed by atoms with E-state index in [1.807, 2.05) is 54.6 Å². The van der Waals surface area contributed by atoms with Gasteiger partial charge in [0.15, 0.2) is 0 Å². The summed E-state index contributed by atoms with van der Waals surface area (Å²) < 4.78 is 5.80. The molecule has 4 rings (SSSR count). The molecule has 2 N–H and O–H groups in total. The topological polar surface area (TPSA) is 84.1 Å². The maximum atomic E-state index is 12.4. The summed E-state index contributed by atoms with van der Waals surface area (Å²) in [5, 5.41) is 2.70. The number of aromatic amines is 1. The number of hydrogen-bond acceptors (Lipinski definition) is 4. The summed E-state index contributed by atoms with van der Waals surface area (Å²) in [6.45, 7) is 2.17. The van der Waals surface area contributed by atoms with Gasteiger partial charge in [-0.15, -0.1) is 0 Å². The Kier molecular flexibility index (Phi) is 4.46. The minimum absolute atomic E-state index is 0.144. The second kappa shape index (κ2) is 7.07. The third-order valence-corrected chi connectivity index (χ3v) is 4.60. The Morgan fingerprint density at radius 2 is 1.81 bits per heavy atom. The summed E-state index contributed by atoms with van der Waals surface area (Å²) in [4.78, 5) is 31.5. The number of carbonyl (C=O) groups is 1. The van der Waals surface area contributed by atoms with Crippen LogP contribution in [-0.4, -0.2) is 15.9 Å². The van der Waals surface area contributed by atoms with Crippen LogP contribution in [0.4, 0.5) is 5.82 Å². The molecule has 27 heavy (non-hydrogen) atoms. The van der Waals surface area contributed by atoms with Crippen LogP contribution in [0.2, 0.25) is 0 Å². The second-order valence-corrected chi connectivity index (χ2v) is 6.56.